The summed E-state index contributed by atoms with van der Waals surface area (Å²) in [5.41, 5.74) is 6.31. The third kappa shape index (κ3) is 3.35. The molecule has 0 atom stereocenters. The van der Waals surface area contributed by atoms with Gasteiger partial charge in [0, 0.05) is 5.56 Å². The van der Waals surface area contributed by atoms with Crippen molar-refractivity contribution in [1.82, 2.24) is 4.98 Å². The lowest BCUT2D eigenvalue weighted by molar-refractivity contribution is -0.465. The Morgan fingerprint density at radius 2 is 1.96 bits per heavy atom. The van der Waals surface area contributed by atoms with Gasteiger partial charge in [-0.05, 0) is 56.2 Å². The molecule has 28 heavy (non-hydrogen) atoms. The molecule has 0 unspecified atom stereocenters. The number of anilines is 1. The molecule has 2 heterocycles. The van der Waals surface area contributed by atoms with Crippen molar-refractivity contribution in [2.45, 2.75) is 71.8 Å². The smallest absolute Gasteiger partial charge is 0.250 e. The summed E-state index contributed by atoms with van der Waals surface area (Å²) in [7, 11) is 0. The van der Waals surface area contributed by atoms with Gasteiger partial charge in [-0.15, -0.1) is 0 Å². The van der Waals surface area contributed by atoms with E-state index in [1.807, 2.05) is 6.07 Å². The van der Waals surface area contributed by atoms with Crippen LogP contribution >= 0.6 is 0 Å². The largest absolute Gasteiger partial charge is 0.302 e. The van der Waals surface area contributed by atoms with Crippen LogP contribution in [0.25, 0.3) is 16.7 Å². The Kier molecular flexibility index (Phi) is 5.26. The minimum absolute atomic E-state index is 0.517. The zero-order valence-corrected chi connectivity index (χ0v) is 17.3. The van der Waals surface area contributed by atoms with E-state index in [4.69, 9.17) is 0 Å². The SMILES string of the molecule is Cc1c(CCC(C)C)c(NC2CCCCC2)[n+]2c([nH]c3ccccc32)c1C#N. The van der Waals surface area contributed by atoms with E-state index in [-0.39, 0.29) is 0 Å². The van der Waals surface area contributed by atoms with Crippen molar-refractivity contribution in [2.24, 2.45) is 5.92 Å². The average molecular weight is 376 g/mol. The van der Waals surface area contributed by atoms with Crippen molar-refractivity contribution in [1.29, 1.82) is 5.26 Å². The van der Waals surface area contributed by atoms with Gasteiger partial charge in [-0.25, -0.2) is 0 Å². The molecule has 0 amide bonds. The van der Waals surface area contributed by atoms with Gasteiger partial charge in [-0.1, -0.05) is 45.2 Å². The molecule has 1 aromatic carbocycles. The molecule has 2 N–H and O–H groups in total. The number of nitrogens with zero attached hydrogens (tertiary/aromatic N) is 2. The molecular formula is C24H31N4+. The first kappa shape index (κ1) is 18.8. The lowest BCUT2D eigenvalue weighted by Crippen LogP contribution is -2.34. The molecule has 1 aliphatic rings. The summed E-state index contributed by atoms with van der Waals surface area (Å²) in [4.78, 5) is 3.51. The Labute approximate surface area is 167 Å². The Morgan fingerprint density at radius 3 is 2.68 bits per heavy atom. The van der Waals surface area contributed by atoms with E-state index in [2.05, 4.69) is 59.7 Å². The standard InChI is InChI=1S/C24H30N4/c1-16(2)13-14-19-17(3)20(15-25)24-27-21-11-7-8-12-22(21)28(24)23(19)26-18-9-5-4-6-10-18/h7-8,11-12,16,18H,4-6,9-10,13-14H2,1-3H3,(H,26,27)/p+1. The number of fused-ring (bicyclic) bond motifs is 3. The molecule has 1 aliphatic carbocycles. The van der Waals surface area contributed by atoms with Crippen LogP contribution in [0.1, 0.15) is 69.1 Å². The number of pyridine rings is 1. The van der Waals surface area contributed by atoms with Gasteiger partial charge < -0.3 is 5.32 Å². The fourth-order valence-corrected chi connectivity index (χ4v) is 4.59. The van der Waals surface area contributed by atoms with Crippen molar-refractivity contribution in [3.8, 4) is 6.07 Å². The van der Waals surface area contributed by atoms with Gasteiger partial charge >= 0.3 is 0 Å². The number of rotatable bonds is 5. The van der Waals surface area contributed by atoms with Gasteiger partial charge in [-0.2, -0.15) is 9.66 Å². The summed E-state index contributed by atoms with van der Waals surface area (Å²) in [6.07, 6.45) is 8.53. The third-order valence-electron chi connectivity index (χ3n) is 6.23. The highest BCUT2D eigenvalue weighted by Gasteiger charge is 2.28. The maximum Gasteiger partial charge on any atom is 0.250 e. The number of para-hydroxylation sites is 2. The van der Waals surface area contributed by atoms with E-state index in [1.54, 1.807) is 0 Å². The quantitative estimate of drug-likeness (QED) is 0.585. The molecular weight excluding hydrogens is 344 g/mol. The maximum absolute atomic E-state index is 9.95. The number of hydrogen-bond donors (Lipinski definition) is 2. The fraction of sp³-hybridized carbons (Fsp3) is 0.500. The van der Waals surface area contributed by atoms with E-state index in [0.29, 0.717) is 12.0 Å². The second-order valence-electron chi connectivity index (χ2n) is 8.68. The zero-order valence-electron chi connectivity index (χ0n) is 17.3. The van der Waals surface area contributed by atoms with Crippen LogP contribution in [-0.4, -0.2) is 11.0 Å². The Balaban J connectivity index is 1.97. The van der Waals surface area contributed by atoms with Crippen LogP contribution in [0.5, 0.6) is 0 Å². The molecule has 0 bridgehead atoms. The number of benzene rings is 1. The van der Waals surface area contributed by atoms with Gasteiger partial charge in [0.15, 0.2) is 0 Å². The topological polar surface area (TPSA) is 55.7 Å². The molecule has 4 rings (SSSR count). The van der Waals surface area contributed by atoms with E-state index in [0.717, 1.165) is 40.6 Å². The molecule has 0 radical (unpaired) electrons. The van der Waals surface area contributed by atoms with Gasteiger partial charge in [0.25, 0.3) is 0 Å². The number of hydrogen-bond acceptors (Lipinski definition) is 2. The average Bonchev–Trinajstić information content (AvgIpc) is 3.07. The minimum Gasteiger partial charge on any atom is -0.302 e. The zero-order chi connectivity index (χ0) is 19.7. The summed E-state index contributed by atoms with van der Waals surface area (Å²) < 4.78 is 2.27. The number of aromatic amines is 1. The molecule has 0 aliphatic heterocycles. The van der Waals surface area contributed by atoms with Crippen LogP contribution in [0.4, 0.5) is 5.82 Å². The lowest BCUT2D eigenvalue weighted by Gasteiger charge is -2.23. The summed E-state index contributed by atoms with van der Waals surface area (Å²) in [5.74, 6) is 1.83. The van der Waals surface area contributed by atoms with Gasteiger partial charge in [0.1, 0.15) is 22.7 Å². The number of aromatic nitrogens is 2. The summed E-state index contributed by atoms with van der Waals surface area (Å²) in [5, 5.41) is 13.9. The van der Waals surface area contributed by atoms with Crippen LogP contribution < -0.4 is 9.72 Å². The fourth-order valence-electron chi connectivity index (χ4n) is 4.59. The van der Waals surface area contributed by atoms with Crippen molar-refractivity contribution < 1.29 is 4.40 Å². The van der Waals surface area contributed by atoms with Gasteiger partial charge in [-0.3, -0.25) is 4.98 Å². The van der Waals surface area contributed by atoms with Crippen molar-refractivity contribution >= 4 is 22.5 Å². The van der Waals surface area contributed by atoms with E-state index < -0.39 is 0 Å². The lowest BCUT2D eigenvalue weighted by atomic mass is 9.93. The first-order valence-corrected chi connectivity index (χ1v) is 10.7. The van der Waals surface area contributed by atoms with Crippen LogP contribution in [-0.2, 0) is 6.42 Å². The molecule has 0 spiro atoms. The highest BCUT2D eigenvalue weighted by atomic mass is 15.1. The number of nitriles is 1. The van der Waals surface area contributed by atoms with E-state index in [1.165, 1.54) is 43.5 Å². The summed E-state index contributed by atoms with van der Waals surface area (Å²) in [6.45, 7) is 6.66. The van der Waals surface area contributed by atoms with Gasteiger partial charge in [0.2, 0.25) is 11.5 Å². The molecule has 0 saturated heterocycles. The molecule has 3 aromatic rings. The molecule has 2 aromatic heterocycles. The Hall–Kier alpha value is -2.54. The van der Waals surface area contributed by atoms with Crippen LogP contribution in [0.15, 0.2) is 24.3 Å². The first-order valence-electron chi connectivity index (χ1n) is 10.7. The monoisotopic (exact) mass is 375 g/mol. The molecule has 1 fully saturated rings. The number of H-pyrrole nitrogens is 1. The van der Waals surface area contributed by atoms with Crippen molar-refractivity contribution in [3.63, 3.8) is 0 Å². The predicted octanol–water partition coefficient (Wildman–Crippen LogP) is 5.42. The molecule has 4 nitrogen and oxygen atoms in total. The first-order chi connectivity index (χ1) is 13.6. The third-order valence-corrected chi connectivity index (χ3v) is 6.23. The predicted molar refractivity (Wildman–Crippen MR) is 115 cm³/mol. The van der Waals surface area contributed by atoms with Crippen LogP contribution in [0, 0.1) is 24.2 Å². The normalized spacial score (nSPS) is 15.4. The summed E-state index contributed by atoms with van der Waals surface area (Å²) >= 11 is 0. The van der Waals surface area contributed by atoms with E-state index >= 15 is 0 Å². The van der Waals surface area contributed by atoms with Crippen LogP contribution in [0.3, 0.4) is 0 Å². The minimum atomic E-state index is 0.517. The van der Waals surface area contributed by atoms with Crippen molar-refractivity contribution in [3.05, 3.63) is 41.0 Å². The highest BCUT2D eigenvalue weighted by molar-refractivity contribution is 5.78. The Morgan fingerprint density at radius 1 is 1.21 bits per heavy atom. The number of nitrogens with one attached hydrogen (secondary N) is 2. The highest BCUT2D eigenvalue weighted by Crippen LogP contribution is 2.29. The van der Waals surface area contributed by atoms with Crippen LogP contribution in [0.2, 0.25) is 0 Å². The second kappa shape index (κ2) is 7.83. The second-order valence-corrected chi connectivity index (χ2v) is 8.68. The molecule has 146 valence electrons. The van der Waals surface area contributed by atoms with Crippen molar-refractivity contribution in [2.75, 3.05) is 5.32 Å². The Bertz CT molecular complexity index is 1030. The van der Waals surface area contributed by atoms with Gasteiger partial charge in [0.05, 0.1) is 6.04 Å². The van der Waals surface area contributed by atoms with E-state index in [9.17, 15) is 5.26 Å². The number of imidazole rings is 1. The maximum atomic E-state index is 9.95. The molecule has 4 heteroatoms. The molecule has 1 saturated carbocycles. The summed E-state index contributed by atoms with van der Waals surface area (Å²) in [6, 6.07) is 11.4.